The summed E-state index contributed by atoms with van der Waals surface area (Å²) in [4.78, 5) is 29.1. The Bertz CT molecular complexity index is 608. The lowest BCUT2D eigenvalue weighted by atomic mass is 10.2. The first-order chi connectivity index (χ1) is 13.0. The molecular weight excluding hydrogens is 346 g/mol. The van der Waals surface area contributed by atoms with Crippen LogP contribution in [0.4, 0.5) is 0 Å². The smallest absolute Gasteiger partial charge is 0.257 e. The molecule has 0 bridgehead atoms. The van der Waals surface area contributed by atoms with Gasteiger partial charge in [-0.05, 0) is 26.3 Å². The van der Waals surface area contributed by atoms with Crippen LogP contribution in [0.1, 0.15) is 48.1 Å². The lowest BCUT2D eigenvalue weighted by Crippen LogP contribution is -2.42. The number of carbonyl (C=O) groups is 2. The second-order valence-corrected chi connectivity index (χ2v) is 7.03. The van der Waals surface area contributed by atoms with Gasteiger partial charge in [-0.3, -0.25) is 14.5 Å². The second kappa shape index (κ2) is 11.1. The quantitative estimate of drug-likeness (QED) is 0.673. The van der Waals surface area contributed by atoms with E-state index in [0.717, 1.165) is 51.4 Å². The van der Waals surface area contributed by atoms with E-state index in [9.17, 15) is 9.59 Å². The summed E-state index contributed by atoms with van der Waals surface area (Å²) in [7, 11) is 0. The van der Waals surface area contributed by atoms with Gasteiger partial charge in [0, 0.05) is 45.7 Å². The van der Waals surface area contributed by atoms with Crippen LogP contribution in [0.2, 0.25) is 0 Å². The Balaban J connectivity index is 1.79. The molecule has 1 aromatic rings. The summed E-state index contributed by atoms with van der Waals surface area (Å²) < 4.78 is 10.8. The molecule has 2 rings (SSSR count). The van der Waals surface area contributed by atoms with E-state index in [-0.39, 0.29) is 11.8 Å². The maximum Gasteiger partial charge on any atom is 0.257 e. The summed E-state index contributed by atoms with van der Waals surface area (Å²) in [5, 5.41) is 2.96. The van der Waals surface area contributed by atoms with Crippen LogP contribution < -0.4 is 5.32 Å². The molecule has 0 saturated carbocycles. The molecule has 152 valence electrons. The van der Waals surface area contributed by atoms with E-state index in [2.05, 4.69) is 17.1 Å². The molecular formula is C20H33N3O4. The molecule has 0 unspecified atom stereocenters. The fourth-order valence-electron chi connectivity index (χ4n) is 3.18. The van der Waals surface area contributed by atoms with Gasteiger partial charge in [0.1, 0.15) is 11.5 Å². The van der Waals surface area contributed by atoms with E-state index < -0.39 is 0 Å². The van der Waals surface area contributed by atoms with Gasteiger partial charge in [0.25, 0.3) is 5.91 Å². The molecule has 1 aliphatic rings. The summed E-state index contributed by atoms with van der Waals surface area (Å²) in [5.74, 6) is 1.29. The van der Waals surface area contributed by atoms with Crippen molar-refractivity contribution in [2.75, 3.05) is 52.5 Å². The normalized spacial score (nSPS) is 14.9. The zero-order valence-corrected chi connectivity index (χ0v) is 16.9. The standard InChI is InChI=1S/C20H33N3O4/c1-4-5-8-23(20(25)18-15-16(2)27-17(18)3)9-6-19(24)21-7-10-22-11-13-26-14-12-22/h15H,4-14H2,1-3H3,(H,21,24). The highest BCUT2D eigenvalue weighted by Gasteiger charge is 2.21. The number of amides is 2. The van der Waals surface area contributed by atoms with E-state index >= 15 is 0 Å². The largest absolute Gasteiger partial charge is 0.466 e. The number of aryl methyl sites for hydroxylation is 2. The first-order valence-electron chi connectivity index (χ1n) is 9.94. The molecule has 0 aromatic carbocycles. The van der Waals surface area contributed by atoms with Gasteiger partial charge in [-0.1, -0.05) is 13.3 Å². The number of hydrogen-bond donors (Lipinski definition) is 1. The molecule has 0 aliphatic carbocycles. The number of hydrogen-bond acceptors (Lipinski definition) is 5. The van der Waals surface area contributed by atoms with Crippen molar-refractivity contribution < 1.29 is 18.7 Å². The van der Waals surface area contributed by atoms with Crippen molar-refractivity contribution >= 4 is 11.8 Å². The first-order valence-corrected chi connectivity index (χ1v) is 9.94. The van der Waals surface area contributed by atoms with Crippen molar-refractivity contribution in [3.8, 4) is 0 Å². The van der Waals surface area contributed by atoms with E-state index in [4.69, 9.17) is 9.15 Å². The van der Waals surface area contributed by atoms with Crippen molar-refractivity contribution in [2.45, 2.75) is 40.0 Å². The summed E-state index contributed by atoms with van der Waals surface area (Å²) in [6, 6.07) is 1.78. The molecule has 27 heavy (non-hydrogen) atoms. The lowest BCUT2D eigenvalue weighted by molar-refractivity contribution is -0.121. The van der Waals surface area contributed by atoms with Crippen LogP contribution in [0.3, 0.4) is 0 Å². The average molecular weight is 380 g/mol. The van der Waals surface area contributed by atoms with E-state index in [0.29, 0.717) is 37.4 Å². The van der Waals surface area contributed by atoms with E-state index in [1.807, 2.05) is 6.92 Å². The van der Waals surface area contributed by atoms with E-state index in [1.165, 1.54) is 0 Å². The van der Waals surface area contributed by atoms with Gasteiger partial charge in [0.05, 0.1) is 18.8 Å². The van der Waals surface area contributed by atoms with Gasteiger partial charge in [-0.15, -0.1) is 0 Å². The zero-order chi connectivity index (χ0) is 19.6. The molecule has 0 radical (unpaired) electrons. The van der Waals surface area contributed by atoms with Crippen LogP contribution in [0.25, 0.3) is 0 Å². The Hall–Kier alpha value is -1.86. The molecule has 0 spiro atoms. The highest BCUT2D eigenvalue weighted by atomic mass is 16.5. The molecule has 1 fully saturated rings. The minimum absolute atomic E-state index is 0.0161. The molecule has 1 N–H and O–H groups in total. The monoisotopic (exact) mass is 379 g/mol. The van der Waals surface area contributed by atoms with E-state index in [1.54, 1.807) is 17.9 Å². The number of nitrogens with zero attached hydrogens (tertiary/aromatic N) is 2. The molecule has 7 nitrogen and oxygen atoms in total. The minimum atomic E-state index is -0.0566. The highest BCUT2D eigenvalue weighted by molar-refractivity contribution is 5.95. The van der Waals surface area contributed by atoms with Gasteiger partial charge in [-0.25, -0.2) is 0 Å². The lowest BCUT2D eigenvalue weighted by Gasteiger charge is -2.26. The summed E-state index contributed by atoms with van der Waals surface area (Å²) in [6.07, 6.45) is 2.23. The number of furan rings is 1. The molecule has 1 saturated heterocycles. The molecule has 1 aliphatic heterocycles. The number of morpholine rings is 1. The maximum absolute atomic E-state index is 12.8. The Morgan fingerprint density at radius 1 is 1.22 bits per heavy atom. The topological polar surface area (TPSA) is 75.0 Å². The van der Waals surface area contributed by atoms with Gasteiger partial charge >= 0.3 is 0 Å². The molecule has 7 heteroatoms. The predicted molar refractivity (Wildman–Crippen MR) is 104 cm³/mol. The van der Waals surface area contributed by atoms with Crippen LogP contribution in [0, 0.1) is 13.8 Å². The summed E-state index contributed by atoms with van der Waals surface area (Å²) in [6.45, 7) is 11.6. The first kappa shape index (κ1) is 21.4. The van der Waals surface area contributed by atoms with Gasteiger partial charge in [0.2, 0.25) is 5.91 Å². The van der Waals surface area contributed by atoms with Gasteiger partial charge in [-0.2, -0.15) is 0 Å². The third kappa shape index (κ3) is 6.99. The molecule has 1 aromatic heterocycles. The number of carbonyl (C=O) groups excluding carboxylic acids is 2. The Morgan fingerprint density at radius 2 is 1.96 bits per heavy atom. The maximum atomic E-state index is 12.8. The summed E-state index contributed by atoms with van der Waals surface area (Å²) in [5.41, 5.74) is 0.594. The number of rotatable bonds is 10. The molecule has 0 atom stereocenters. The minimum Gasteiger partial charge on any atom is -0.466 e. The van der Waals surface area contributed by atoms with Crippen LogP contribution in [0.5, 0.6) is 0 Å². The van der Waals surface area contributed by atoms with Crippen molar-refractivity contribution in [1.29, 1.82) is 0 Å². The SMILES string of the molecule is CCCCN(CCC(=O)NCCN1CCOCC1)C(=O)c1cc(C)oc1C. The average Bonchev–Trinajstić information content (AvgIpc) is 3.00. The molecule has 2 heterocycles. The summed E-state index contributed by atoms with van der Waals surface area (Å²) >= 11 is 0. The van der Waals surface area contributed by atoms with Crippen LogP contribution in [-0.4, -0.2) is 74.1 Å². The van der Waals surface area contributed by atoms with Gasteiger partial charge in [0.15, 0.2) is 0 Å². The number of ether oxygens (including phenoxy) is 1. The zero-order valence-electron chi connectivity index (χ0n) is 16.9. The van der Waals surface area contributed by atoms with Crippen molar-refractivity contribution in [1.82, 2.24) is 15.1 Å². The van der Waals surface area contributed by atoms with Crippen molar-refractivity contribution in [2.24, 2.45) is 0 Å². The molecule has 2 amide bonds. The van der Waals surface area contributed by atoms with Crippen LogP contribution >= 0.6 is 0 Å². The Labute approximate surface area is 162 Å². The third-order valence-electron chi connectivity index (χ3n) is 4.80. The Morgan fingerprint density at radius 3 is 2.59 bits per heavy atom. The predicted octanol–water partition coefficient (Wildman–Crippen LogP) is 1.98. The fraction of sp³-hybridized carbons (Fsp3) is 0.700. The fourth-order valence-corrected chi connectivity index (χ4v) is 3.18. The Kier molecular flexibility index (Phi) is 8.81. The third-order valence-corrected chi connectivity index (χ3v) is 4.80. The van der Waals surface area contributed by atoms with Crippen molar-refractivity contribution in [3.63, 3.8) is 0 Å². The highest BCUT2D eigenvalue weighted by Crippen LogP contribution is 2.16. The van der Waals surface area contributed by atoms with Crippen molar-refractivity contribution in [3.05, 3.63) is 23.2 Å². The van der Waals surface area contributed by atoms with Gasteiger partial charge < -0.3 is 19.4 Å². The number of nitrogens with one attached hydrogen (secondary N) is 1. The van der Waals surface area contributed by atoms with Crippen LogP contribution in [-0.2, 0) is 9.53 Å². The number of unbranched alkanes of at least 4 members (excludes halogenated alkanes) is 1. The second-order valence-electron chi connectivity index (χ2n) is 7.03. The van der Waals surface area contributed by atoms with Crippen LogP contribution in [0.15, 0.2) is 10.5 Å².